The highest BCUT2D eigenvalue weighted by Crippen LogP contribution is 2.22. The molecular formula is C15H19FN2O7S. The molecule has 1 fully saturated rings. The van der Waals surface area contributed by atoms with Gasteiger partial charge < -0.3 is 19.9 Å². The second-order valence-corrected chi connectivity index (χ2v) is 7.30. The SMILES string of the molecule is COC(=O)[C@@H](CO)NC(=O)c1ccc(F)c(S(=O)(=O)N2CCOCC2)c1. The van der Waals surface area contributed by atoms with Gasteiger partial charge in [0.25, 0.3) is 5.91 Å². The number of carbonyl (C=O) groups excluding carboxylic acids is 2. The van der Waals surface area contributed by atoms with Crippen molar-refractivity contribution in [3.63, 3.8) is 0 Å². The molecule has 1 saturated heterocycles. The second kappa shape index (κ2) is 8.54. The van der Waals surface area contributed by atoms with Crippen molar-refractivity contribution in [3.8, 4) is 0 Å². The van der Waals surface area contributed by atoms with E-state index in [1.54, 1.807) is 0 Å². The van der Waals surface area contributed by atoms with Crippen molar-refractivity contribution < 1.29 is 37.0 Å². The van der Waals surface area contributed by atoms with Crippen LogP contribution in [0.2, 0.25) is 0 Å². The first kappa shape index (κ1) is 20.2. The molecule has 11 heteroatoms. The molecule has 144 valence electrons. The molecule has 9 nitrogen and oxygen atoms in total. The minimum Gasteiger partial charge on any atom is -0.467 e. The summed E-state index contributed by atoms with van der Waals surface area (Å²) in [6, 6.07) is 1.50. The number of carbonyl (C=O) groups is 2. The molecule has 1 aliphatic rings. The van der Waals surface area contributed by atoms with E-state index < -0.39 is 45.3 Å². The van der Waals surface area contributed by atoms with Crippen molar-refractivity contribution in [1.29, 1.82) is 0 Å². The van der Waals surface area contributed by atoms with Gasteiger partial charge in [0, 0.05) is 18.7 Å². The highest BCUT2D eigenvalue weighted by atomic mass is 32.2. The van der Waals surface area contributed by atoms with E-state index in [9.17, 15) is 22.4 Å². The lowest BCUT2D eigenvalue weighted by molar-refractivity contribution is -0.143. The molecule has 0 saturated carbocycles. The number of sulfonamides is 1. The molecule has 1 heterocycles. The van der Waals surface area contributed by atoms with Crippen molar-refractivity contribution in [2.24, 2.45) is 0 Å². The monoisotopic (exact) mass is 390 g/mol. The fourth-order valence-corrected chi connectivity index (χ4v) is 3.83. The van der Waals surface area contributed by atoms with E-state index in [4.69, 9.17) is 9.84 Å². The van der Waals surface area contributed by atoms with Crippen LogP contribution in [-0.4, -0.2) is 75.8 Å². The third kappa shape index (κ3) is 4.36. The zero-order chi connectivity index (χ0) is 19.3. The first-order valence-electron chi connectivity index (χ1n) is 7.68. The maximum Gasteiger partial charge on any atom is 0.330 e. The van der Waals surface area contributed by atoms with Crippen LogP contribution in [0.3, 0.4) is 0 Å². The number of methoxy groups -OCH3 is 1. The lowest BCUT2D eigenvalue weighted by Crippen LogP contribution is -2.44. The third-order valence-corrected chi connectivity index (χ3v) is 5.67. The number of ether oxygens (including phenoxy) is 2. The smallest absolute Gasteiger partial charge is 0.330 e. The predicted octanol–water partition coefficient (Wildman–Crippen LogP) is -0.890. The molecule has 2 N–H and O–H groups in total. The van der Waals surface area contributed by atoms with E-state index in [0.29, 0.717) is 0 Å². The summed E-state index contributed by atoms with van der Waals surface area (Å²) in [7, 11) is -3.06. The van der Waals surface area contributed by atoms with Gasteiger partial charge in [-0.25, -0.2) is 17.6 Å². The number of nitrogens with one attached hydrogen (secondary N) is 1. The van der Waals surface area contributed by atoms with Crippen LogP contribution in [0.4, 0.5) is 4.39 Å². The normalized spacial score (nSPS) is 16.7. The van der Waals surface area contributed by atoms with Crippen LogP contribution in [0.5, 0.6) is 0 Å². The Morgan fingerprint density at radius 1 is 1.38 bits per heavy atom. The fourth-order valence-electron chi connectivity index (χ4n) is 2.33. The topological polar surface area (TPSA) is 122 Å². The summed E-state index contributed by atoms with van der Waals surface area (Å²) in [5.74, 6) is -2.73. The summed E-state index contributed by atoms with van der Waals surface area (Å²) in [4.78, 5) is 23.0. The summed E-state index contributed by atoms with van der Waals surface area (Å²) in [5.41, 5.74) is -0.180. The van der Waals surface area contributed by atoms with Gasteiger partial charge in [0.2, 0.25) is 10.0 Å². The zero-order valence-corrected chi connectivity index (χ0v) is 14.8. The van der Waals surface area contributed by atoms with Gasteiger partial charge in [0.05, 0.1) is 26.9 Å². The molecule has 1 aliphatic heterocycles. The molecule has 0 aromatic heterocycles. The van der Waals surface area contributed by atoms with E-state index in [1.165, 1.54) is 0 Å². The van der Waals surface area contributed by atoms with Crippen LogP contribution in [0.15, 0.2) is 23.1 Å². The lowest BCUT2D eigenvalue weighted by atomic mass is 10.2. The van der Waals surface area contributed by atoms with Gasteiger partial charge in [0.1, 0.15) is 10.7 Å². The van der Waals surface area contributed by atoms with Crippen molar-refractivity contribution in [2.75, 3.05) is 40.0 Å². The van der Waals surface area contributed by atoms with E-state index >= 15 is 0 Å². The van der Waals surface area contributed by atoms with Gasteiger partial charge in [-0.05, 0) is 18.2 Å². The number of morpholine rings is 1. The van der Waals surface area contributed by atoms with Crippen LogP contribution in [0.1, 0.15) is 10.4 Å². The summed E-state index contributed by atoms with van der Waals surface area (Å²) in [6.45, 7) is -0.171. The van der Waals surface area contributed by atoms with Gasteiger partial charge in [-0.1, -0.05) is 0 Å². The Morgan fingerprint density at radius 2 is 2.04 bits per heavy atom. The number of hydrogen-bond donors (Lipinski definition) is 2. The number of aliphatic hydroxyl groups is 1. The maximum atomic E-state index is 14.1. The molecule has 26 heavy (non-hydrogen) atoms. The third-order valence-electron chi connectivity index (χ3n) is 3.75. The summed E-state index contributed by atoms with van der Waals surface area (Å²) in [5, 5.41) is 11.3. The Bertz CT molecular complexity index is 778. The van der Waals surface area contributed by atoms with Gasteiger partial charge >= 0.3 is 5.97 Å². The van der Waals surface area contributed by atoms with Gasteiger partial charge in [-0.15, -0.1) is 0 Å². The first-order valence-corrected chi connectivity index (χ1v) is 9.12. The van der Waals surface area contributed by atoms with Gasteiger partial charge in [-0.2, -0.15) is 4.31 Å². The quantitative estimate of drug-likeness (QED) is 0.604. The van der Waals surface area contributed by atoms with Gasteiger partial charge in [0.15, 0.2) is 6.04 Å². The highest BCUT2D eigenvalue weighted by Gasteiger charge is 2.30. The standard InChI is InChI=1S/C15H19FN2O7S/c1-24-15(21)12(9-19)17-14(20)10-2-3-11(16)13(8-10)26(22,23)18-4-6-25-7-5-18/h2-3,8,12,19H,4-7,9H2,1H3,(H,17,20)/t12-/m1/s1. The van der Waals surface area contributed by atoms with Crippen LogP contribution in [-0.2, 0) is 24.3 Å². The molecule has 1 aromatic carbocycles. The van der Waals surface area contributed by atoms with Crippen molar-refractivity contribution >= 4 is 21.9 Å². The van der Waals surface area contributed by atoms with Crippen LogP contribution in [0, 0.1) is 5.82 Å². The predicted molar refractivity (Wildman–Crippen MR) is 86.3 cm³/mol. The molecule has 0 unspecified atom stereocenters. The Labute approximate surface area is 149 Å². The lowest BCUT2D eigenvalue weighted by Gasteiger charge is -2.26. The molecule has 0 spiro atoms. The molecule has 1 aromatic rings. The van der Waals surface area contributed by atoms with E-state index in [0.717, 1.165) is 29.6 Å². The van der Waals surface area contributed by atoms with Crippen LogP contribution in [0.25, 0.3) is 0 Å². The molecular weight excluding hydrogens is 371 g/mol. The molecule has 1 atom stereocenters. The number of aliphatic hydroxyl groups excluding tert-OH is 1. The van der Waals surface area contributed by atoms with E-state index in [-0.39, 0.29) is 31.9 Å². The zero-order valence-electron chi connectivity index (χ0n) is 14.0. The largest absolute Gasteiger partial charge is 0.467 e. The van der Waals surface area contributed by atoms with E-state index in [1.807, 2.05) is 0 Å². The Morgan fingerprint density at radius 3 is 2.62 bits per heavy atom. The number of benzene rings is 1. The number of nitrogens with zero attached hydrogens (tertiary/aromatic N) is 1. The highest BCUT2D eigenvalue weighted by molar-refractivity contribution is 7.89. The maximum absolute atomic E-state index is 14.1. The Kier molecular flexibility index (Phi) is 6.64. The molecule has 0 radical (unpaired) electrons. The fraction of sp³-hybridized carbons (Fsp3) is 0.467. The van der Waals surface area contributed by atoms with Crippen LogP contribution >= 0.6 is 0 Å². The number of rotatable bonds is 6. The molecule has 1 amide bonds. The average molecular weight is 390 g/mol. The summed E-state index contributed by atoms with van der Waals surface area (Å²) < 4.78 is 49.9. The van der Waals surface area contributed by atoms with Crippen molar-refractivity contribution in [1.82, 2.24) is 9.62 Å². The van der Waals surface area contributed by atoms with Crippen molar-refractivity contribution in [2.45, 2.75) is 10.9 Å². The number of esters is 1. The molecule has 2 rings (SSSR count). The second-order valence-electron chi connectivity index (χ2n) is 5.39. The van der Waals surface area contributed by atoms with Crippen LogP contribution < -0.4 is 5.32 Å². The number of hydrogen-bond acceptors (Lipinski definition) is 7. The Hall–Kier alpha value is -2.08. The van der Waals surface area contributed by atoms with Gasteiger partial charge in [-0.3, -0.25) is 4.79 Å². The average Bonchev–Trinajstić information content (AvgIpc) is 2.66. The number of halogens is 1. The minimum atomic E-state index is -4.15. The minimum absolute atomic E-state index is 0.0765. The first-order chi connectivity index (χ1) is 12.3. The summed E-state index contributed by atoms with van der Waals surface area (Å²) in [6.07, 6.45) is 0. The summed E-state index contributed by atoms with van der Waals surface area (Å²) >= 11 is 0. The van der Waals surface area contributed by atoms with E-state index in [2.05, 4.69) is 10.1 Å². The molecule has 0 bridgehead atoms. The number of amides is 1. The Balaban J connectivity index is 2.28. The molecule has 0 aliphatic carbocycles. The van der Waals surface area contributed by atoms with Crippen molar-refractivity contribution in [3.05, 3.63) is 29.6 Å².